The van der Waals surface area contributed by atoms with E-state index in [2.05, 4.69) is 20.6 Å². The van der Waals surface area contributed by atoms with E-state index in [-0.39, 0.29) is 37.1 Å². The van der Waals surface area contributed by atoms with E-state index in [0.717, 1.165) is 6.07 Å². The molecule has 0 aromatic carbocycles. The molecular formula is C21H27F3N6O4. The zero-order valence-electron chi connectivity index (χ0n) is 19.2. The summed E-state index contributed by atoms with van der Waals surface area (Å²) in [5, 5.41) is 20.6. The fourth-order valence-corrected chi connectivity index (χ4v) is 3.82. The quantitative estimate of drug-likeness (QED) is 0.638. The van der Waals surface area contributed by atoms with Crippen LogP contribution >= 0.6 is 0 Å². The van der Waals surface area contributed by atoms with Crippen molar-refractivity contribution < 1.29 is 32.6 Å². The fraction of sp³-hybridized carbons (Fsp3) is 0.571. The first kappa shape index (κ1) is 25.4. The van der Waals surface area contributed by atoms with Crippen molar-refractivity contribution in [1.29, 1.82) is 0 Å². The Kier molecular flexibility index (Phi) is 7.15. The van der Waals surface area contributed by atoms with Gasteiger partial charge in [0, 0.05) is 26.1 Å². The van der Waals surface area contributed by atoms with Gasteiger partial charge in [-0.1, -0.05) is 32.1 Å². The first-order chi connectivity index (χ1) is 15.8. The molecule has 2 aromatic rings. The van der Waals surface area contributed by atoms with Crippen molar-refractivity contribution in [2.75, 3.05) is 13.6 Å². The monoisotopic (exact) mass is 484 g/mol. The van der Waals surface area contributed by atoms with E-state index >= 15 is 0 Å². The van der Waals surface area contributed by atoms with E-state index in [4.69, 9.17) is 4.74 Å². The lowest BCUT2D eigenvalue weighted by Gasteiger charge is -2.34. The number of likely N-dealkylation sites (N-methyl/N-ethyl adjacent to an activating group) is 1. The van der Waals surface area contributed by atoms with Gasteiger partial charge in [-0.25, -0.2) is 9.67 Å². The summed E-state index contributed by atoms with van der Waals surface area (Å²) in [6.45, 7) is 5.25. The Morgan fingerprint density at radius 2 is 2.00 bits per heavy atom. The second-order valence-electron chi connectivity index (χ2n) is 9.12. The van der Waals surface area contributed by atoms with Gasteiger partial charge in [-0.05, 0) is 11.5 Å². The van der Waals surface area contributed by atoms with E-state index in [9.17, 15) is 27.9 Å². The Hall–Kier alpha value is -3.22. The van der Waals surface area contributed by atoms with Crippen LogP contribution in [0.2, 0.25) is 0 Å². The minimum atomic E-state index is -4.60. The molecule has 3 heterocycles. The largest absolute Gasteiger partial charge is 0.471 e. The summed E-state index contributed by atoms with van der Waals surface area (Å²) in [6, 6.07) is 1.64. The maximum atomic E-state index is 13.5. The molecule has 0 spiro atoms. The van der Waals surface area contributed by atoms with Gasteiger partial charge in [0.05, 0.1) is 12.3 Å². The lowest BCUT2D eigenvalue weighted by Crippen LogP contribution is -2.49. The molecule has 0 saturated carbocycles. The topological polar surface area (TPSA) is 122 Å². The zero-order chi connectivity index (χ0) is 25.3. The van der Waals surface area contributed by atoms with Gasteiger partial charge in [0.1, 0.15) is 30.1 Å². The van der Waals surface area contributed by atoms with Crippen LogP contribution in [0.15, 0.2) is 24.4 Å². The number of hydrogen-bond acceptors (Lipinski definition) is 7. The van der Waals surface area contributed by atoms with Gasteiger partial charge in [-0.3, -0.25) is 9.59 Å². The highest BCUT2D eigenvalue weighted by molar-refractivity contribution is 5.90. The molecule has 0 aliphatic carbocycles. The zero-order valence-corrected chi connectivity index (χ0v) is 19.2. The van der Waals surface area contributed by atoms with Gasteiger partial charge in [0.15, 0.2) is 0 Å². The number of β-amino-alcohol motifs (C(OH)–C–C–N with tert-alkyl or cyclic N) is 1. The molecule has 10 nitrogen and oxygen atoms in total. The van der Waals surface area contributed by atoms with Crippen LogP contribution in [0.3, 0.4) is 0 Å². The van der Waals surface area contributed by atoms with Gasteiger partial charge in [-0.15, -0.1) is 5.10 Å². The predicted molar refractivity (Wildman–Crippen MR) is 112 cm³/mol. The summed E-state index contributed by atoms with van der Waals surface area (Å²) in [4.78, 5) is 30.5. The van der Waals surface area contributed by atoms with Crippen LogP contribution in [0.25, 0.3) is 0 Å². The standard InChI is InChI=1S/C21H27F3N6O4/c1-20(2,3)17(19(33)29-10-13(31)8-14(29)18(32)25-4)30-9-12(27-28-30)11-34-16-7-5-6-15(26-16)21(22,23)24/h5-7,9,13-14,17,31H,8,10-11H2,1-4H3,(H,25,32)/t13?,14-,17?/m1/s1. The maximum absolute atomic E-state index is 13.5. The van der Waals surface area contributed by atoms with Crippen LogP contribution in [0.1, 0.15) is 44.6 Å². The van der Waals surface area contributed by atoms with Crippen LogP contribution in [-0.2, 0) is 22.4 Å². The molecule has 0 radical (unpaired) electrons. The number of carbonyl (C=O) groups is 2. The predicted octanol–water partition coefficient (Wildman–Crippen LogP) is 1.57. The van der Waals surface area contributed by atoms with Gasteiger partial charge in [0.2, 0.25) is 17.7 Å². The lowest BCUT2D eigenvalue weighted by molar-refractivity contribution is -0.144. The molecule has 34 heavy (non-hydrogen) atoms. The molecule has 3 atom stereocenters. The molecule has 2 amide bonds. The molecule has 13 heteroatoms. The molecule has 1 fully saturated rings. The summed E-state index contributed by atoms with van der Waals surface area (Å²) in [7, 11) is 1.46. The Morgan fingerprint density at radius 3 is 2.62 bits per heavy atom. The molecule has 1 aliphatic rings. The first-order valence-electron chi connectivity index (χ1n) is 10.6. The summed E-state index contributed by atoms with van der Waals surface area (Å²) in [5.74, 6) is -1.01. The second-order valence-corrected chi connectivity index (χ2v) is 9.12. The number of hydrogen-bond donors (Lipinski definition) is 2. The molecule has 3 rings (SSSR count). The molecular weight excluding hydrogens is 457 g/mol. The number of aliphatic hydroxyl groups is 1. The fourth-order valence-electron chi connectivity index (χ4n) is 3.82. The number of aliphatic hydroxyl groups excluding tert-OH is 1. The number of aromatic nitrogens is 4. The van der Waals surface area contributed by atoms with Crippen LogP contribution < -0.4 is 10.1 Å². The number of likely N-dealkylation sites (tertiary alicyclic amines) is 1. The highest BCUT2D eigenvalue weighted by atomic mass is 19.4. The number of amides is 2. The molecule has 1 aliphatic heterocycles. The van der Waals surface area contributed by atoms with E-state index in [1.54, 1.807) is 0 Å². The van der Waals surface area contributed by atoms with Crippen molar-refractivity contribution in [3.05, 3.63) is 35.8 Å². The summed E-state index contributed by atoms with van der Waals surface area (Å²) >= 11 is 0. The molecule has 186 valence electrons. The van der Waals surface area contributed by atoms with Crippen molar-refractivity contribution in [1.82, 2.24) is 30.2 Å². The van der Waals surface area contributed by atoms with E-state index in [1.807, 2.05) is 20.8 Å². The number of alkyl halides is 3. The molecule has 1 saturated heterocycles. The average molecular weight is 484 g/mol. The van der Waals surface area contributed by atoms with Gasteiger partial charge in [-0.2, -0.15) is 13.2 Å². The van der Waals surface area contributed by atoms with E-state index in [0.29, 0.717) is 0 Å². The van der Waals surface area contributed by atoms with Gasteiger partial charge in [0.25, 0.3) is 0 Å². The Morgan fingerprint density at radius 1 is 1.29 bits per heavy atom. The normalized spacial score (nSPS) is 19.7. The Labute approximate surface area is 194 Å². The highest BCUT2D eigenvalue weighted by Gasteiger charge is 2.45. The van der Waals surface area contributed by atoms with Crippen molar-refractivity contribution in [3.63, 3.8) is 0 Å². The third kappa shape index (κ3) is 5.64. The van der Waals surface area contributed by atoms with Gasteiger partial charge < -0.3 is 20.1 Å². The third-order valence-corrected chi connectivity index (χ3v) is 5.37. The SMILES string of the molecule is CNC(=O)[C@H]1CC(O)CN1C(=O)C(n1cc(COc2cccc(C(F)(F)F)n2)nn1)C(C)(C)C. The van der Waals surface area contributed by atoms with Crippen molar-refractivity contribution in [2.24, 2.45) is 5.41 Å². The number of rotatable bonds is 6. The van der Waals surface area contributed by atoms with Gasteiger partial charge >= 0.3 is 6.18 Å². The number of pyridine rings is 1. The molecule has 2 unspecified atom stereocenters. The Bertz CT molecular complexity index is 1040. The number of carbonyl (C=O) groups excluding carboxylic acids is 2. The molecule has 0 bridgehead atoms. The van der Waals surface area contributed by atoms with Crippen molar-refractivity contribution in [2.45, 2.75) is 58.2 Å². The van der Waals surface area contributed by atoms with Crippen molar-refractivity contribution >= 4 is 11.8 Å². The lowest BCUT2D eigenvalue weighted by atomic mass is 9.85. The van der Waals surface area contributed by atoms with Crippen LogP contribution in [-0.4, -0.2) is 67.5 Å². The van der Waals surface area contributed by atoms with Crippen LogP contribution in [0.5, 0.6) is 5.88 Å². The third-order valence-electron chi connectivity index (χ3n) is 5.37. The van der Waals surface area contributed by atoms with Crippen LogP contribution in [0.4, 0.5) is 13.2 Å². The van der Waals surface area contributed by atoms with Crippen LogP contribution in [0, 0.1) is 5.41 Å². The Balaban J connectivity index is 1.79. The highest BCUT2D eigenvalue weighted by Crippen LogP contribution is 2.34. The second kappa shape index (κ2) is 9.57. The number of halogens is 3. The minimum absolute atomic E-state index is 0.00931. The summed E-state index contributed by atoms with van der Waals surface area (Å²) in [6.07, 6.45) is -3.84. The first-order valence-corrected chi connectivity index (χ1v) is 10.6. The maximum Gasteiger partial charge on any atom is 0.433 e. The number of ether oxygens (including phenoxy) is 1. The average Bonchev–Trinajstić information content (AvgIpc) is 3.37. The van der Waals surface area contributed by atoms with E-state index < -0.39 is 41.4 Å². The summed E-state index contributed by atoms with van der Waals surface area (Å²) < 4.78 is 45.2. The molecule has 2 N–H and O–H groups in total. The molecule has 2 aromatic heterocycles. The summed E-state index contributed by atoms with van der Waals surface area (Å²) in [5.41, 5.74) is -1.46. The number of nitrogens with one attached hydrogen (secondary N) is 1. The van der Waals surface area contributed by atoms with Crippen molar-refractivity contribution in [3.8, 4) is 5.88 Å². The minimum Gasteiger partial charge on any atom is -0.471 e. The smallest absolute Gasteiger partial charge is 0.433 e. The number of nitrogens with zero attached hydrogens (tertiary/aromatic N) is 5. The van der Waals surface area contributed by atoms with E-state index in [1.165, 1.54) is 35.0 Å².